The van der Waals surface area contributed by atoms with Gasteiger partial charge in [-0.05, 0) is 52.9 Å². The van der Waals surface area contributed by atoms with E-state index in [0.717, 1.165) is 52.0 Å². The summed E-state index contributed by atoms with van der Waals surface area (Å²) in [6.07, 6.45) is 11.6. The molecule has 0 spiro atoms. The van der Waals surface area contributed by atoms with Gasteiger partial charge in [-0.15, -0.1) is 59.7 Å². The standard InChI is InChI=1S/C23H19FNO.C19H26NSi.Ir/c24-20-7-3-6-18-19-14-17(8-9-22(19)26-23(18)20)21-13-16(10-11-25-21)12-15-4-1-2-5-15;1-19(2,3)13-16-12-17(15-10-8-7-9-11-15)20-14-18(16)21(4,5)6;/h3,6-7,9-11,13-15H,1-2,4-5,12H2;7-10,12,14H,13H2,1-6H3;/q2*-1;. The monoisotopic (exact) mass is 833 g/mol. The molecule has 3 heterocycles. The fraction of sp³-hybridized carbons (Fsp3) is 0.333. The van der Waals surface area contributed by atoms with Gasteiger partial charge in [0.25, 0.3) is 0 Å². The molecule has 6 aromatic rings. The zero-order valence-corrected chi connectivity index (χ0v) is 32.3. The van der Waals surface area contributed by atoms with E-state index in [1.165, 1.54) is 48.1 Å². The predicted molar refractivity (Wildman–Crippen MR) is 196 cm³/mol. The number of hydrogen-bond donors (Lipinski definition) is 0. The van der Waals surface area contributed by atoms with Crippen LogP contribution in [0.3, 0.4) is 0 Å². The van der Waals surface area contributed by atoms with Crippen molar-refractivity contribution in [1.82, 2.24) is 9.97 Å². The number of para-hydroxylation sites is 1. The molecule has 0 aliphatic heterocycles. The van der Waals surface area contributed by atoms with E-state index < -0.39 is 8.07 Å². The smallest absolute Gasteiger partial charge is 0.165 e. The number of fused-ring (bicyclic) bond motifs is 3. The van der Waals surface area contributed by atoms with Crippen LogP contribution in [0, 0.1) is 29.3 Å². The molecule has 1 radical (unpaired) electrons. The van der Waals surface area contributed by atoms with Crippen molar-refractivity contribution in [3.05, 3.63) is 114 Å². The van der Waals surface area contributed by atoms with Crippen LogP contribution in [0.25, 0.3) is 44.5 Å². The van der Waals surface area contributed by atoms with Crippen LogP contribution in [-0.4, -0.2) is 18.0 Å². The van der Waals surface area contributed by atoms with E-state index in [1.807, 2.05) is 36.5 Å². The van der Waals surface area contributed by atoms with E-state index in [-0.39, 0.29) is 31.3 Å². The van der Waals surface area contributed by atoms with Gasteiger partial charge in [0.2, 0.25) is 0 Å². The Kier molecular flexibility index (Phi) is 11.2. The van der Waals surface area contributed by atoms with Gasteiger partial charge in [0.15, 0.2) is 11.4 Å². The summed E-state index contributed by atoms with van der Waals surface area (Å²) in [4.78, 5) is 9.25. The van der Waals surface area contributed by atoms with Crippen LogP contribution in [0.15, 0.2) is 89.6 Å². The minimum Gasteiger partial charge on any atom is -0.497 e. The molecule has 48 heavy (non-hydrogen) atoms. The summed E-state index contributed by atoms with van der Waals surface area (Å²) >= 11 is 0. The van der Waals surface area contributed by atoms with Crippen LogP contribution >= 0.6 is 0 Å². The van der Waals surface area contributed by atoms with Crippen molar-refractivity contribution in [3.63, 3.8) is 0 Å². The molecule has 0 bridgehead atoms. The second kappa shape index (κ2) is 15.0. The Morgan fingerprint density at radius 1 is 0.875 bits per heavy atom. The first-order chi connectivity index (χ1) is 22.4. The summed E-state index contributed by atoms with van der Waals surface area (Å²) in [6.45, 7) is 14.1. The average molecular weight is 833 g/mol. The first-order valence-electron chi connectivity index (χ1n) is 16.9. The maximum atomic E-state index is 14.0. The van der Waals surface area contributed by atoms with Gasteiger partial charge in [-0.1, -0.05) is 107 Å². The zero-order chi connectivity index (χ0) is 33.2. The second-order valence-electron chi connectivity index (χ2n) is 15.2. The molecule has 3 aromatic carbocycles. The molecule has 251 valence electrons. The fourth-order valence-corrected chi connectivity index (χ4v) is 8.32. The molecule has 0 saturated heterocycles. The number of aromatic nitrogens is 2. The van der Waals surface area contributed by atoms with Gasteiger partial charge in [0, 0.05) is 37.9 Å². The van der Waals surface area contributed by atoms with E-state index in [2.05, 4.69) is 88.0 Å². The van der Waals surface area contributed by atoms with Crippen LogP contribution in [0.2, 0.25) is 19.6 Å². The first kappa shape index (κ1) is 35.9. The fourth-order valence-electron chi connectivity index (χ4n) is 6.74. The number of nitrogens with zero attached hydrogens (tertiary/aromatic N) is 2. The molecular weight excluding hydrogens is 788 g/mol. The summed E-state index contributed by atoms with van der Waals surface area (Å²) < 4.78 is 19.6. The van der Waals surface area contributed by atoms with E-state index in [4.69, 9.17) is 9.40 Å². The van der Waals surface area contributed by atoms with Gasteiger partial charge in [-0.3, -0.25) is 0 Å². The Morgan fingerprint density at radius 2 is 1.65 bits per heavy atom. The van der Waals surface area contributed by atoms with Crippen molar-refractivity contribution in [2.45, 2.75) is 78.9 Å². The number of furan rings is 1. The quantitative estimate of drug-likeness (QED) is 0.124. The van der Waals surface area contributed by atoms with Crippen molar-refractivity contribution < 1.29 is 28.9 Å². The van der Waals surface area contributed by atoms with Crippen molar-refractivity contribution in [1.29, 1.82) is 0 Å². The van der Waals surface area contributed by atoms with Crippen LogP contribution in [0.1, 0.15) is 57.6 Å². The Labute approximate surface area is 299 Å². The minimum atomic E-state index is -1.37. The summed E-state index contributed by atoms with van der Waals surface area (Å²) in [5.41, 5.74) is 7.97. The third-order valence-corrected chi connectivity index (χ3v) is 11.1. The molecule has 3 nitrogen and oxygen atoms in total. The first-order valence-corrected chi connectivity index (χ1v) is 20.4. The molecule has 1 fully saturated rings. The molecular formula is C42H45FIrN2OSi-2. The van der Waals surface area contributed by atoms with E-state index in [0.29, 0.717) is 11.2 Å². The zero-order valence-electron chi connectivity index (χ0n) is 28.9. The van der Waals surface area contributed by atoms with Crippen molar-refractivity contribution >= 4 is 35.2 Å². The Balaban J connectivity index is 0.000000189. The Hall–Kier alpha value is -3.44. The summed E-state index contributed by atoms with van der Waals surface area (Å²) in [7, 11) is -1.37. The normalized spacial score (nSPS) is 13.7. The van der Waals surface area contributed by atoms with Gasteiger partial charge >= 0.3 is 0 Å². The Bertz CT molecular complexity index is 1990. The third-order valence-electron chi connectivity index (χ3n) is 8.98. The van der Waals surface area contributed by atoms with Crippen LogP contribution in [-0.2, 0) is 32.9 Å². The second-order valence-corrected chi connectivity index (χ2v) is 20.3. The number of halogens is 1. The van der Waals surface area contributed by atoms with E-state index in [1.54, 1.807) is 12.1 Å². The molecule has 0 N–H and O–H groups in total. The molecule has 1 aliphatic rings. The molecule has 6 heteroatoms. The summed E-state index contributed by atoms with van der Waals surface area (Å²) in [5.74, 6) is 0.467. The minimum absolute atomic E-state index is 0. The molecule has 0 unspecified atom stereocenters. The van der Waals surface area contributed by atoms with Crippen LogP contribution in [0.5, 0.6) is 0 Å². The predicted octanol–water partition coefficient (Wildman–Crippen LogP) is 11.0. The van der Waals surface area contributed by atoms with Gasteiger partial charge in [0.1, 0.15) is 0 Å². The molecule has 3 aromatic heterocycles. The van der Waals surface area contributed by atoms with Crippen LogP contribution < -0.4 is 5.19 Å². The number of pyridine rings is 2. The van der Waals surface area contributed by atoms with Gasteiger partial charge in [0.05, 0.1) is 13.7 Å². The van der Waals surface area contributed by atoms with Gasteiger partial charge < -0.3 is 14.4 Å². The Morgan fingerprint density at radius 3 is 2.35 bits per heavy atom. The molecule has 7 rings (SSSR count). The topological polar surface area (TPSA) is 38.9 Å². The van der Waals surface area contributed by atoms with Crippen molar-refractivity contribution in [2.24, 2.45) is 11.3 Å². The number of rotatable bonds is 6. The van der Waals surface area contributed by atoms with Crippen LogP contribution in [0.4, 0.5) is 4.39 Å². The largest absolute Gasteiger partial charge is 0.497 e. The van der Waals surface area contributed by atoms with Crippen molar-refractivity contribution in [3.8, 4) is 22.5 Å². The SMILES string of the molecule is CC(C)(C)Cc1cc(-c2[c-]cccc2)ncc1[Si](C)(C)C.Fc1cccc2c1oc1c[c-]c(-c3cc(CC4CCCC4)ccn3)cc12.[Ir]. The maximum Gasteiger partial charge on any atom is 0.165 e. The van der Waals surface area contributed by atoms with Gasteiger partial charge in [-0.2, -0.15) is 0 Å². The molecule has 1 saturated carbocycles. The molecule has 1 aliphatic carbocycles. The summed E-state index contributed by atoms with van der Waals surface area (Å²) in [6, 6.07) is 30.0. The van der Waals surface area contributed by atoms with Gasteiger partial charge in [-0.25, -0.2) is 4.39 Å². The van der Waals surface area contributed by atoms with Crippen molar-refractivity contribution in [2.75, 3.05) is 0 Å². The van der Waals surface area contributed by atoms with E-state index in [9.17, 15) is 4.39 Å². The third kappa shape index (κ3) is 8.58. The molecule has 0 amide bonds. The maximum absolute atomic E-state index is 14.0. The number of hydrogen-bond acceptors (Lipinski definition) is 3. The number of benzene rings is 3. The summed E-state index contributed by atoms with van der Waals surface area (Å²) in [5, 5.41) is 3.17. The van der Waals surface area contributed by atoms with E-state index >= 15 is 0 Å². The molecule has 0 atom stereocenters. The average Bonchev–Trinajstić information content (AvgIpc) is 3.69.